The Morgan fingerprint density at radius 1 is 0.667 bits per heavy atom. The zero-order valence-corrected chi connectivity index (χ0v) is 15.6. The van der Waals surface area contributed by atoms with Gasteiger partial charge >= 0.3 is 0 Å². The third-order valence-corrected chi connectivity index (χ3v) is 5.37. The van der Waals surface area contributed by atoms with Crippen LogP contribution < -0.4 is 0 Å². The Hall–Kier alpha value is -0.0800. The minimum atomic E-state index is 1.23. The first-order chi connectivity index (χ1) is 9.99. The van der Waals surface area contributed by atoms with E-state index in [9.17, 15) is 0 Å². The second kappa shape index (κ2) is 9.84. The van der Waals surface area contributed by atoms with Gasteiger partial charge in [0, 0.05) is 0 Å². The van der Waals surface area contributed by atoms with Gasteiger partial charge < -0.3 is 9.80 Å². The predicted octanol–water partition coefficient (Wildman–Crippen LogP) is 4.36. The SMILES string of the molecule is C1C2CC3CC1C23.CCCCN(C)C.CCCCN(C)C. The first-order valence-electron chi connectivity index (χ1n) is 9.29. The van der Waals surface area contributed by atoms with Crippen molar-refractivity contribution in [3.05, 3.63) is 0 Å². The molecule has 0 unspecified atom stereocenters. The molecule has 0 amide bonds. The fourth-order valence-electron chi connectivity index (χ4n) is 3.91. The van der Waals surface area contributed by atoms with Crippen LogP contribution in [-0.2, 0) is 0 Å². The minimum Gasteiger partial charge on any atom is -0.309 e. The van der Waals surface area contributed by atoms with E-state index in [0.29, 0.717) is 0 Å². The molecule has 3 fully saturated rings. The highest BCUT2D eigenvalue weighted by atomic mass is 15.0. The molecule has 126 valence electrons. The van der Waals surface area contributed by atoms with Crippen molar-refractivity contribution in [2.45, 2.75) is 58.8 Å². The third-order valence-electron chi connectivity index (χ3n) is 5.37. The van der Waals surface area contributed by atoms with E-state index in [1.54, 1.807) is 19.3 Å². The maximum absolute atomic E-state index is 2.21. The maximum Gasteiger partial charge on any atom is -0.00249 e. The van der Waals surface area contributed by atoms with E-state index in [1.165, 1.54) is 62.4 Å². The fourth-order valence-corrected chi connectivity index (χ4v) is 3.91. The quantitative estimate of drug-likeness (QED) is 0.718. The normalized spacial score (nSPS) is 30.9. The molecule has 0 bridgehead atoms. The first kappa shape index (κ1) is 19.0. The third kappa shape index (κ3) is 6.28. The van der Waals surface area contributed by atoms with Gasteiger partial charge in [0.1, 0.15) is 0 Å². The highest BCUT2D eigenvalue weighted by Crippen LogP contribution is 2.69. The molecule has 3 rings (SSSR count). The Morgan fingerprint density at radius 2 is 1.00 bits per heavy atom. The molecular weight excluding hydrogens is 256 g/mol. The van der Waals surface area contributed by atoms with Crippen LogP contribution in [0.5, 0.6) is 0 Å². The Morgan fingerprint density at radius 3 is 1.05 bits per heavy atom. The summed E-state index contributed by atoms with van der Waals surface area (Å²) in [4.78, 5) is 4.42. The van der Waals surface area contributed by atoms with E-state index in [0.717, 1.165) is 0 Å². The molecule has 3 aliphatic carbocycles. The molecule has 0 spiro atoms. The molecule has 0 atom stereocenters. The summed E-state index contributed by atoms with van der Waals surface area (Å²) in [6, 6.07) is 0. The van der Waals surface area contributed by atoms with E-state index in [1.807, 2.05) is 0 Å². The minimum absolute atomic E-state index is 1.23. The van der Waals surface area contributed by atoms with Crippen molar-refractivity contribution in [2.24, 2.45) is 23.7 Å². The van der Waals surface area contributed by atoms with Crippen molar-refractivity contribution in [3.63, 3.8) is 0 Å². The van der Waals surface area contributed by atoms with Crippen molar-refractivity contribution in [3.8, 4) is 0 Å². The lowest BCUT2D eigenvalue weighted by Gasteiger charge is -2.68. The van der Waals surface area contributed by atoms with Gasteiger partial charge in [0.25, 0.3) is 0 Å². The number of nitrogens with zero attached hydrogens (tertiary/aromatic N) is 2. The molecule has 3 aliphatic rings. The molecule has 0 aromatic heterocycles. The zero-order chi connectivity index (χ0) is 15.8. The maximum atomic E-state index is 2.21. The number of hydrogen-bond acceptors (Lipinski definition) is 2. The summed E-state index contributed by atoms with van der Waals surface area (Å²) in [5.41, 5.74) is 0. The fraction of sp³-hybridized carbons (Fsp3) is 1.00. The van der Waals surface area contributed by atoms with Crippen molar-refractivity contribution >= 4 is 0 Å². The van der Waals surface area contributed by atoms with E-state index >= 15 is 0 Å². The van der Waals surface area contributed by atoms with Gasteiger partial charge in [-0.05, 0) is 97.1 Å². The average molecular weight is 297 g/mol. The van der Waals surface area contributed by atoms with Crippen LogP contribution in [-0.4, -0.2) is 51.1 Å². The van der Waals surface area contributed by atoms with Gasteiger partial charge in [0.15, 0.2) is 0 Å². The summed E-state index contributed by atoms with van der Waals surface area (Å²) in [7, 11) is 8.43. The van der Waals surface area contributed by atoms with E-state index in [4.69, 9.17) is 0 Å². The Labute approximate surface area is 134 Å². The van der Waals surface area contributed by atoms with Gasteiger partial charge in [0.05, 0.1) is 0 Å². The van der Waals surface area contributed by atoms with Gasteiger partial charge in [-0.15, -0.1) is 0 Å². The molecule has 2 heteroatoms. The van der Waals surface area contributed by atoms with E-state index in [2.05, 4.69) is 51.8 Å². The predicted molar refractivity (Wildman–Crippen MR) is 94.7 cm³/mol. The molecule has 0 aromatic carbocycles. The topological polar surface area (TPSA) is 6.48 Å². The summed E-state index contributed by atoms with van der Waals surface area (Å²) in [6.45, 7) is 6.89. The van der Waals surface area contributed by atoms with Crippen molar-refractivity contribution < 1.29 is 0 Å². The summed E-state index contributed by atoms with van der Waals surface area (Å²) < 4.78 is 0. The lowest BCUT2D eigenvalue weighted by molar-refractivity contribution is -0.191. The molecule has 3 saturated carbocycles. The number of hydrogen-bond donors (Lipinski definition) is 0. The van der Waals surface area contributed by atoms with Crippen LogP contribution in [0.15, 0.2) is 0 Å². The molecule has 0 aromatic rings. The first-order valence-corrected chi connectivity index (χ1v) is 9.29. The standard InChI is InChI=1S/C7H10.2C6H15N/c1-4-2-6-3-5(1)7(4)6;2*1-4-5-6-7(2)3/h4-7H,1-3H2;2*4-6H2,1-3H3. The van der Waals surface area contributed by atoms with Crippen LogP contribution in [0, 0.1) is 23.7 Å². The average Bonchev–Trinajstić information content (AvgIpc) is 2.44. The second-order valence-electron chi connectivity index (χ2n) is 7.88. The van der Waals surface area contributed by atoms with Crippen molar-refractivity contribution in [2.75, 3.05) is 41.3 Å². The molecule has 0 saturated heterocycles. The van der Waals surface area contributed by atoms with Gasteiger partial charge in [-0.1, -0.05) is 26.7 Å². The Kier molecular flexibility index (Phi) is 8.89. The van der Waals surface area contributed by atoms with Crippen LogP contribution in [0.25, 0.3) is 0 Å². The number of rotatable bonds is 6. The molecule has 0 heterocycles. The molecular formula is C19H40N2. The number of unbranched alkanes of at least 4 members (excludes halogenated alkanes) is 2. The van der Waals surface area contributed by atoms with Gasteiger partial charge in [-0.2, -0.15) is 0 Å². The Balaban J connectivity index is 0.000000157. The highest BCUT2D eigenvalue weighted by Gasteiger charge is 2.61. The monoisotopic (exact) mass is 296 g/mol. The Bertz CT molecular complexity index is 221. The largest absolute Gasteiger partial charge is 0.309 e. The molecule has 0 aliphatic heterocycles. The van der Waals surface area contributed by atoms with Gasteiger partial charge in [-0.3, -0.25) is 0 Å². The van der Waals surface area contributed by atoms with E-state index < -0.39 is 0 Å². The van der Waals surface area contributed by atoms with Crippen LogP contribution in [0.2, 0.25) is 0 Å². The smallest absolute Gasteiger partial charge is 0.00249 e. The molecule has 2 nitrogen and oxygen atoms in total. The lowest BCUT2D eigenvalue weighted by atomic mass is 9.37. The van der Waals surface area contributed by atoms with Crippen LogP contribution in [0.1, 0.15) is 58.8 Å². The highest BCUT2D eigenvalue weighted by molar-refractivity contribution is 5.10. The molecule has 21 heavy (non-hydrogen) atoms. The molecule has 0 radical (unpaired) electrons. The summed E-state index contributed by atoms with van der Waals surface area (Å²) in [5, 5.41) is 0. The summed E-state index contributed by atoms with van der Waals surface area (Å²) >= 11 is 0. The van der Waals surface area contributed by atoms with Crippen LogP contribution >= 0.6 is 0 Å². The summed E-state index contributed by atoms with van der Waals surface area (Å²) in [6.07, 6.45) is 10.1. The van der Waals surface area contributed by atoms with Crippen molar-refractivity contribution in [1.29, 1.82) is 0 Å². The van der Waals surface area contributed by atoms with Gasteiger partial charge in [0.2, 0.25) is 0 Å². The second-order valence-corrected chi connectivity index (χ2v) is 7.88. The zero-order valence-electron chi connectivity index (χ0n) is 15.6. The van der Waals surface area contributed by atoms with E-state index in [-0.39, 0.29) is 0 Å². The summed E-state index contributed by atoms with van der Waals surface area (Å²) in [5.74, 6) is 5.00. The lowest BCUT2D eigenvalue weighted by Crippen LogP contribution is -2.60. The van der Waals surface area contributed by atoms with Gasteiger partial charge in [-0.25, -0.2) is 0 Å². The van der Waals surface area contributed by atoms with Crippen molar-refractivity contribution in [1.82, 2.24) is 9.80 Å². The van der Waals surface area contributed by atoms with Crippen LogP contribution in [0.4, 0.5) is 0 Å². The van der Waals surface area contributed by atoms with Crippen LogP contribution in [0.3, 0.4) is 0 Å². The molecule has 0 N–H and O–H groups in total.